The van der Waals surface area contributed by atoms with E-state index >= 15 is 0 Å². The summed E-state index contributed by atoms with van der Waals surface area (Å²) in [6, 6.07) is 27.5. The average Bonchev–Trinajstić information content (AvgIpc) is 1.73. The monoisotopic (exact) mass is 1150 g/mol. The molecule has 8 aromatic rings. The van der Waals surface area contributed by atoms with Crippen LogP contribution in [0.2, 0.25) is 0 Å². The summed E-state index contributed by atoms with van der Waals surface area (Å²) in [6.07, 6.45) is 8.31. The summed E-state index contributed by atoms with van der Waals surface area (Å²) in [5, 5.41) is 1.78. The lowest BCUT2D eigenvalue weighted by Gasteiger charge is -2.39. The van der Waals surface area contributed by atoms with Crippen molar-refractivity contribution in [2.75, 3.05) is 72.0 Å². The van der Waals surface area contributed by atoms with Crippen molar-refractivity contribution >= 4 is 73.2 Å². The number of imidazole rings is 1. The van der Waals surface area contributed by atoms with Crippen LogP contribution < -0.4 is 40.3 Å². The van der Waals surface area contributed by atoms with Crippen molar-refractivity contribution in [2.24, 2.45) is 7.05 Å². The number of allylic oxidation sites excluding steroid dienone is 3. The summed E-state index contributed by atoms with van der Waals surface area (Å²) in [5.41, 5.74) is 12.6. The maximum Gasteiger partial charge on any atom is 0.417 e. The largest absolute Gasteiger partial charge is 0.457 e. The van der Waals surface area contributed by atoms with Crippen molar-refractivity contribution in [2.45, 2.75) is 92.2 Å². The smallest absolute Gasteiger partial charge is 0.417 e. The van der Waals surface area contributed by atoms with E-state index in [2.05, 4.69) is 95.8 Å². The molecular weight excluding hydrogens is 1080 g/mol. The fourth-order valence-corrected chi connectivity index (χ4v) is 12.8. The lowest BCUT2D eigenvalue weighted by atomic mass is 9.86. The molecule has 0 N–H and O–H groups in total. The van der Waals surface area contributed by atoms with E-state index in [-0.39, 0.29) is 28.3 Å². The quantitative estimate of drug-likeness (QED) is 0.106. The number of hydrogen-bond donors (Lipinski definition) is 0. The molecular formula is C69H71F3N6O7. The molecule has 3 aromatic heterocycles. The highest BCUT2D eigenvalue weighted by atomic mass is 19.4. The Balaban J connectivity index is 0.000000120. The van der Waals surface area contributed by atoms with Gasteiger partial charge in [0.15, 0.2) is 5.78 Å². The van der Waals surface area contributed by atoms with Gasteiger partial charge in [-0.05, 0) is 176 Å². The first-order chi connectivity index (χ1) is 41.0. The number of fused-ring (bicyclic) bond motifs is 7. The van der Waals surface area contributed by atoms with Crippen LogP contribution in [-0.4, -0.2) is 73.9 Å². The molecule has 0 unspecified atom stereocenters. The molecule has 0 saturated heterocycles. The highest BCUT2D eigenvalue weighted by Crippen LogP contribution is 2.50. The van der Waals surface area contributed by atoms with Crippen LogP contribution in [0.5, 0.6) is 11.5 Å². The number of carbonyl (C=O) groups is 1. The van der Waals surface area contributed by atoms with Gasteiger partial charge in [0.05, 0.1) is 16.6 Å². The third-order valence-corrected chi connectivity index (χ3v) is 16.9. The van der Waals surface area contributed by atoms with Gasteiger partial charge >= 0.3 is 17.4 Å². The van der Waals surface area contributed by atoms with Crippen molar-refractivity contribution in [1.29, 1.82) is 0 Å². The van der Waals surface area contributed by atoms with E-state index in [1.54, 1.807) is 12.1 Å². The van der Waals surface area contributed by atoms with Crippen molar-refractivity contribution < 1.29 is 36.3 Å². The highest BCUT2D eigenvalue weighted by Gasteiger charge is 2.41. The van der Waals surface area contributed by atoms with Gasteiger partial charge < -0.3 is 42.5 Å². The molecule has 6 aliphatic heterocycles. The second-order valence-corrected chi connectivity index (χ2v) is 22.2. The zero-order valence-electron chi connectivity index (χ0n) is 49.2. The standard InChI is InChI=1S/C21H21N3O2.C17H16F3NO.C17H17NO3.C14H17NO/c1-4-24(5-2)15-11-10-14-12-16(21(25)26-19(14)13-15)20-22-17-8-6-7-9-18(17)23(20)3;1-10-8-14(17(18,19)20)13-9-11-4-2-6-21-7-3-5-12(15(11)21)16(13)22-10;1-10(19)14-9-12-8-11-4-2-6-18-7-3-5-13(15(11)18)16(12)21-17(14)20;1-4-15(5-2)13-9-8-12-7-6-11(3)16-14(12)10-13/h6-13H,4-5H2,1-3H3;8-9H,1-7H2;8-9H,2-7H2,1H3;6-10H,3-5H2,1-2H3. The van der Waals surface area contributed by atoms with Crippen LogP contribution in [0.1, 0.15) is 104 Å². The molecule has 0 aliphatic carbocycles. The van der Waals surface area contributed by atoms with E-state index in [1.165, 1.54) is 23.9 Å². The first kappa shape index (κ1) is 58.0. The summed E-state index contributed by atoms with van der Waals surface area (Å²) >= 11 is 0. The van der Waals surface area contributed by atoms with Gasteiger partial charge in [-0.3, -0.25) is 4.79 Å². The number of Topliss-reactive ketones (excluding diaryl/α,β-unsaturated/α-hetero) is 1. The Morgan fingerprint density at radius 1 is 0.659 bits per heavy atom. The Labute approximate surface area is 492 Å². The van der Waals surface area contributed by atoms with Crippen LogP contribution in [0.25, 0.3) is 56.0 Å². The van der Waals surface area contributed by atoms with Crippen molar-refractivity contribution in [1.82, 2.24) is 9.55 Å². The van der Waals surface area contributed by atoms with Gasteiger partial charge in [0, 0.05) is 127 Å². The third-order valence-electron chi connectivity index (χ3n) is 16.9. The molecule has 0 radical (unpaired) electrons. The van der Waals surface area contributed by atoms with Gasteiger partial charge in [0.2, 0.25) is 0 Å². The van der Waals surface area contributed by atoms with E-state index in [4.69, 9.17) is 18.3 Å². The van der Waals surface area contributed by atoms with E-state index in [1.807, 2.05) is 66.2 Å². The molecule has 440 valence electrons. The fourth-order valence-electron chi connectivity index (χ4n) is 12.8. The van der Waals surface area contributed by atoms with Gasteiger partial charge in [0.1, 0.15) is 51.1 Å². The topological polar surface area (TPSA) is 127 Å². The zero-order valence-corrected chi connectivity index (χ0v) is 49.2. The molecule has 0 atom stereocenters. The van der Waals surface area contributed by atoms with Crippen LogP contribution >= 0.6 is 0 Å². The lowest BCUT2D eigenvalue weighted by molar-refractivity contribution is -0.0694. The summed E-state index contributed by atoms with van der Waals surface area (Å²) < 4.78 is 64.5. The number of para-hydroxylation sites is 2. The number of carbonyl (C=O) groups excluding carboxylic acids is 1. The van der Waals surface area contributed by atoms with Gasteiger partial charge in [-0.25, -0.2) is 14.6 Å². The molecule has 0 amide bonds. The minimum atomic E-state index is -4.40. The number of benzene rings is 5. The number of alkyl halides is 3. The number of hydrogen-bond acceptors (Lipinski definition) is 12. The van der Waals surface area contributed by atoms with Crippen molar-refractivity contribution in [3.8, 4) is 22.9 Å². The lowest BCUT2D eigenvalue weighted by Crippen LogP contribution is -2.35. The summed E-state index contributed by atoms with van der Waals surface area (Å²) in [7, 11) is 1.91. The van der Waals surface area contributed by atoms with Crippen molar-refractivity contribution in [3.05, 3.63) is 182 Å². The van der Waals surface area contributed by atoms with Gasteiger partial charge in [-0.1, -0.05) is 25.3 Å². The number of anilines is 4. The van der Waals surface area contributed by atoms with E-state index in [9.17, 15) is 27.6 Å². The normalized spacial score (nSPS) is 15.3. The van der Waals surface area contributed by atoms with Crippen LogP contribution in [0.3, 0.4) is 0 Å². The molecule has 5 aromatic carbocycles. The molecule has 0 spiro atoms. The molecule has 6 aliphatic rings. The maximum absolute atomic E-state index is 13.4. The van der Waals surface area contributed by atoms with Crippen LogP contribution in [0, 0.1) is 0 Å². The second-order valence-electron chi connectivity index (χ2n) is 22.2. The molecule has 0 bridgehead atoms. The first-order valence-electron chi connectivity index (χ1n) is 29.6. The second kappa shape index (κ2) is 24.1. The Bertz CT molecular complexity index is 4140. The highest BCUT2D eigenvalue weighted by molar-refractivity contribution is 5.98. The minimum absolute atomic E-state index is 0.0592. The predicted octanol–water partition coefficient (Wildman–Crippen LogP) is 14.6. The minimum Gasteiger partial charge on any atom is -0.457 e. The number of ether oxygens (including phenoxy) is 2. The molecule has 14 rings (SSSR count). The maximum atomic E-state index is 13.4. The predicted molar refractivity (Wildman–Crippen MR) is 335 cm³/mol. The van der Waals surface area contributed by atoms with Crippen LogP contribution in [0.15, 0.2) is 140 Å². The fraction of sp³-hybridized carbons (Fsp3) is 0.333. The summed E-state index contributed by atoms with van der Waals surface area (Å²) in [6.45, 7) is 25.3. The van der Waals surface area contributed by atoms with Crippen LogP contribution in [-0.2, 0) is 32.7 Å². The molecule has 0 fully saturated rings. The summed E-state index contributed by atoms with van der Waals surface area (Å²) in [4.78, 5) is 50.0. The molecule has 9 heterocycles. The van der Waals surface area contributed by atoms with Gasteiger partial charge in [0.25, 0.3) is 0 Å². The number of aromatic nitrogens is 2. The molecule has 85 heavy (non-hydrogen) atoms. The number of halogens is 3. The summed E-state index contributed by atoms with van der Waals surface area (Å²) in [5.74, 6) is 2.41. The first-order valence-corrected chi connectivity index (χ1v) is 29.6. The average molecular weight is 1150 g/mol. The van der Waals surface area contributed by atoms with Gasteiger partial charge in [-0.15, -0.1) is 0 Å². The number of aryl methyl sites for hydroxylation is 4. The van der Waals surface area contributed by atoms with E-state index < -0.39 is 17.4 Å². The Hall–Kier alpha value is -8.79. The SMILES string of the molecule is C=C1C=C(C(F)(F)F)c2cc3c4c(c2O1)CCCN4CCC3.C=C1C=Cc2ccc(N(CC)CC)cc2O1.CC(=O)c1cc2cc3c4c(c2oc1=O)CCCN4CCC3.CCN(CC)c1ccc2cc(-c3nc4ccccc4n3C)c(=O)oc2c1. The number of ketones is 1. The van der Waals surface area contributed by atoms with Crippen LogP contribution in [0.4, 0.5) is 35.9 Å². The third kappa shape index (κ3) is 11.5. The molecule has 13 nitrogen and oxygen atoms in total. The molecule has 16 heteroatoms. The number of nitrogens with zero attached hydrogens (tertiary/aromatic N) is 6. The number of rotatable bonds is 8. The Morgan fingerprint density at radius 2 is 1.28 bits per heavy atom. The molecule has 0 saturated carbocycles. The van der Waals surface area contributed by atoms with E-state index in [0.29, 0.717) is 34.1 Å². The Kier molecular flexibility index (Phi) is 16.4. The zero-order chi connectivity index (χ0) is 59.8. The van der Waals surface area contributed by atoms with Crippen molar-refractivity contribution in [3.63, 3.8) is 0 Å². The van der Waals surface area contributed by atoms with E-state index in [0.717, 1.165) is 171 Å². The van der Waals surface area contributed by atoms with Gasteiger partial charge in [-0.2, -0.15) is 13.2 Å². The Morgan fingerprint density at radius 3 is 1.94 bits per heavy atom.